The summed E-state index contributed by atoms with van der Waals surface area (Å²) in [4.78, 5) is 30.0. The Kier molecular flexibility index (Phi) is 13.5. The Hall–Kier alpha value is -3.33. The molecule has 12 nitrogen and oxygen atoms in total. The summed E-state index contributed by atoms with van der Waals surface area (Å²) in [6.07, 6.45) is 4.14. The van der Waals surface area contributed by atoms with Crippen molar-refractivity contribution in [3.8, 4) is 16.9 Å². The summed E-state index contributed by atoms with van der Waals surface area (Å²) in [5.74, 6) is -0.752. The molecular weight excluding hydrogens is 737 g/mol. The summed E-state index contributed by atoms with van der Waals surface area (Å²) < 4.78 is 12.8. The number of carboxylic acids is 1. The summed E-state index contributed by atoms with van der Waals surface area (Å²) in [5, 5.41) is 52.3. The molecule has 1 aromatic heterocycles. The molecule has 2 aromatic carbocycles. The Labute approximate surface area is 325 Å². The van der Waals surface area contributed by atoms with Crippen molar-refractivity contribution in [2.24, 2.45) is 0 Å². The van der Waals surface area contributed by atoms with Crippen LogP contribution in [0.2, 0.25) is 10.0 Å². The Balaban J connectivity index is 0.935. The minimum absolute atomic E-state index is 0.0328. The van der Waals surface area contributed by atoms with Crippen LogP contribution in [0.1, 0.15) is 74.5 Å². The predicted molar refractivity (Wildman–Crippen MR) is 202 cm³/mol. The van der Waals surface area contributed by atoms with E-state index in [0.717, 1.165) is 65.7 Å². The van der Waals surface area contributed by atoms with Gasteiger partial charge in [0.05, 0.1) is 24.4 Å². The van der Waals surface area contributed by atoms with E-state index in [1.807, 2.05) is 47.5 Å². The van der Waals surface area contributed by atoms with Gasteiger partial charge in [-0.05, 0) is 98.7 Å². The van der Waals surface area contributed by atoms with Crippen molar-refractivity contribution in [2.45, 2.75) is 113 Å². The quantitative estimate of drug-likeness (QED) is 0.0934. The lowest BCUT2D eigenvalue weighted by Gasteiger charge is -2.33. The van der Waals surface area contributed by atoms with Crippen LogP contribution in [0.3, 0.4) is 0 Å². The van der Waals surface area contributed by atoms with Crippen LogP contribution in [0.5, 0.6) is 5.75 Å². The predicted octanol–water partition coefficient (Wildman–Crippen LogP) is 4.62. The third-order valence-corrected chi connectivity index (χ3v) is 11.3. The minimum Gasteiger partial charge on any atom is -0.490 e. The lowest BCUT2D eigenvalue weighted by atomic mass is 9.96. The summed E-state index contributed by atoms with van der Waals surface area (Å²) in [7, 11) is 0. The number of nitrogens with zero attached hydrogens (tertiary/aromatic N) is 2. The number of aliphatic carboxylic acids is 1. The number of carbonyl (C=O) groups excluding carboxylic acids is 1. The van der Waals surface area contributed by atoms with Crippen molar-refractivity contribution in [1.82, 2.24) is 15.2 Å². The number of aliphatic hydroxyl groups is 4. The largest absolute Gasteiger partial charge is 0.490 e. The molecule has 0 radical (unpaired) electrons. The van der Waals surface area contributed by atoms with Gasteiger partial charge in [-0.25, -0.2) is 4.79 Å². The number of ether oxygens (including phenoxy) is 2. The lowest BCUT2D eigenvalue weighted by Crippen LogP contribution is -2.52. The number of pyridine rings is 1. The highest BCUT2D eigenvalue weighted by Gasteiger charge is 2.48. The van der Waals surface area contributed by atoms with E-state index in [2.05, 4.69) is 16.4 Å². The number of carbonyl (C=O) groups is 2. The fourth-order valence-electron chi connectivity index (χ4n) is 6.95. The van der Waals surface area contributed by atoms with E-state index in [0.29, 0.717) is 61.8 Å². The zero-order valence-electron chi connectivity index (χ0n) is 30.1. The van der Waals surface area contributed by atoms with Gasteiger partial charge in [0.2, 0.25) is 5.91 Å². The Morgan fingerprint density at radius 3 is 2.33 bits per heavy atom. The molecule has 2 heterocycles. The number of benzene rings is 2. The van der Waals surface area contributed by atoms with E-state index < -0.39 is 36.0 Å². The molecule has 2 saturated carbocycles. The number of halogens is 2. The lowest BCUT2D eigenvalue weighted by molar-refractivity contribution is -0.162. The molecular formula is C40H49Cl2N3O9. The molecule has 1 aliphatic heterocycles. The maximum Gasteiger partial charge on any atom is 0.335 e. The molecule has 4 atom stereocenters. The van der Waals surface area contributed by atoms with Gasteiger partial charge >= 0.3 is 5.97 Å². The molecule has 0 spiro atoms. The number of carboxylic acid groups (broad SMARTS) is 1. The molecule has 3 fully saturated rings. The van der Waals surface area contributed by atoms with Gasteiger partial charge in [-0.1, -0.05) is 41.4 Å². The topological polar surface area (TPSA) is 182 Å². The van der Waals surface area contributed by atoms with Crippen LogP contribution in [0.25, 0.3) is 11.1 Å². The average molecular weight is 787 g/mol. The van der Waals surface area contributed by atoms with E-state index >= 15 is 0 Å². The molecule has 292 valence electrons. The van der Waals surface area contributed by atoms with Crippen molar-refractivity contribution in [3.05, 3.63) is 81.6 Å². The molecule has 6 rings (SSSR count). The van der Waals surface area contributed by atoms with E-state index in [1.165, 1.54) is 0 Å². The number of aromatic nitrogens is 1. The maximum atomic E-state index is 12.9. The van der Waals surface area contributed by atoms with Crippen LogP contribution in [0.15, 0.2) is 54.9 Å². The van der Waals surface area contributed by atoms with E-state index in [9.17, 15) is 30.0 Å². The molecule has 3 aliphatic rings. The van der Waals surface area contributed by atoms with Crippen molar-refractivity contribution in [3.63, 3.8) is 0 Å². The molecule has 1 amide bonds. The highest BCUT2D eigenvalue weighted by Crippen LogP contribution is 2.53. The first kappa shape index (κ1) is 40.3. The molecule has 0 unspecified atom stereocenters. The molecule has 0 bridgehead atoms. The van der Waals surface area contributed by atoms with Crippen LogP contribution in [-0.4, -0.2) is 103 Å². The van der Waals surface area contributed by atoms with Crippen LogP contribution in [0, 0.1) is 0 Å². The van der Waals surface area contributed by atoms with E-state index in [-0.39, 0.29) is 24.6 Å². The third-order valence-electron chi connectivity index (χ3n) is 10.6. The molecule has 3 aromatic rings. The number of nitrogens with one attached hydrogen (secondary N) is 1. The van der Waals surface area contributed by atoms with Gasteiger partial charge in [-0.3, -0.25) is 9.78 Å². The number of aryl methyl sites for hydroxylation is 1. The molecule has 6 N–H and O–H groups in total. The van der Waals surface area contributed by atoms with E-state index in [1.54, 1.807) is 6.20 Å². The van der Waals surface area contributed by atoms with Crippen molar-refractivity contribution >= 4 is 35.1 Å². The number of amides is 1. The zero-order valence-corrected chi connectivity index (χ0v) is 31.6. The van der Waals surface area contributed by atoms with Gasteiger partial charge in [0.1, 0.15) is 18.0 Å². The molecule has 54 heavy (non-hydrogen) atoms. The summed E-state index contributed by atoms with van der Waals surface area (Å²) >= 11 is 13.5. The first-order chi connectivity index (χ1) is 26.0. The van der Waals surface area contributed by atoms with Gasteiger partial charge < -0.3 is 45.2 Å². The van der Waals surface area contributed by atoms with Gasteiger partial charge in [-0.15, -0.1) is 0 Å². The second-order valence-corrected chi connectivity index (χ2v) is 15.5. The third kappa shape index (κ3) is 10.1. The number of unbranched alkanes of at least 4 members (excludes halogenated alkanes) is 1. The van der Waals surface area contributed by atoms with Crippen molar-refractivity contribution in [2.75, 3.05) is 19.6 Å². The Morgan fingerprint density at radius 1 is 0.926 bits per heavy atom. The van der Waals surface area contributed by atoms with Gasteiger partial charge in [0, 0.05) is 65.7 Å². The minimum atomic E-state index is -2.21. The fraction of sp³-hybridized carbons (Fsp3) is 0.525. The van der Waals surface area contributed by atoms with Crippen LogP contribution in [-0.2, 0) is 33.0 Å². The second-order valence-electron chi connectivity index (χ2n) is 14.7. The zero-order chi connectivity index (χ0) is 38.4. The number of aliphatic hydroxyl groups excluding tert-OH is 4. The van der Waals surface area contributed by atoms with Gasteiger partial charge in [-0.2, -0.15) is 0 Å². The summed E-state index contributed by atoms with van der Waals surface area (Å²) in [6.45, 7) is 1.26. The highest BCUT2D eigenvalue weighted by atomic mass is 35.5. The van der Waals surface area contributed by atoms with E-state index in [4.69, 9.17) is 37.8 Å². The fourth-order valence-corrected chi connectivity index (χ4v) is 7.48. The number of hydrogen-bond acceptors (Lipinski definition) is 10. The number of likely N-dealkylation sites (tertiary alicyclic amines) is 1. The average Bonchev–Trinajstić information content (AvgIpc) is 4.13. The molecule has 14 heteroatoms. The highest BCUT2D eigenvalue weighted by molar-refractivity contribution is 6.34. The number of para-hydroxylation sites is 1. The second kappa shape index (κ2) is 18.1. The first-order valence-electron chi connectivity index (χ1n) is 18.7. The monoisotopic (exact) mass is 785 g/mol. The van der Waals surface area contributed by atoms with Crippen molar-refractivity contribution < 1.29 is 44.6 Å². The molecule has 2 aliphatic carbocycles. The number of rotatable bonds is 19. The number of piperidine rings is 1. The van der Waals surface area contributed by atoms with Crippen LogP contribution >= 0.6 is 23.2 Å². The Morgan fingerprint density at radius 2 is 1.63 bits per heavy atom. The normalized spacial score (nSPS) is 19.2. The van der Waals surface area contributed by atoms with Crippen LogP contribution < -0.4 is 10.1 Å². The smallest absolute Gasteiger partial charge is 0.335 e. The summed E-state index contributed by atoms with van der Waals surface area (Å²) in [6, 6.07) is 13.9. The SMILES string of the molecule is O=C(O)[C@@H](O)[C@@H](O)[C@H](O)[C@@H](O)CNC1CCN(C(=O)CCCCc2cc(Cl)c(COC3(c4cnccc4-c4ccccc4OC4CC4)CC3)cc2Cl)CC1. The standard InChI is InChI=1S/C40H49Cl2N3O9/c41-31-20-25(23-53-40(14-15-40)30-21-43-16-11-28(30)29-6-2-3-7-34(29)54-27-9-10-27)32(42)19-24(31)5-1-4-8-35(47)45-17-12-26(13-18-45)44-22-33(46)36(48)37(49)38(50)39(51)52/h2-3,6-7,11,16,19-21,26-27,33,36-38,44,46,48-50H,1,4-5,8-10,12-15,17-18,22-23H2,(H,51,52)/t33-,36+,37-,38-/m0/s1. The summed E-state index contributed by atoms with van der Waals surface area (Å²) in [5.41, 5.74) is 4.41. The van der Waals surface area contributed by atoms with Gasteiger partial charge in [0.25, 0.3) is 0 Å². The first-order valence-corrected chi connectivity index (χ1v) is 19.5. The van der Waals surface area contributed by atoms with Gasteiger partial charge in [0.15, 0.2) is 6.10 Å². The Bertz CT molecular complexity index is 1760. The number of hydrogen-bond donors (Lipinski definition) is 6. The van der Waals surface area contributed by atoms with Crippen molar-refractivity contribution in [1.29, 1.82) is 0 Å². The maximum absolute atomic E-state index is 12.9. The molecule has 1 saturated heterocycles. The van der Waals surface area contributed by atoms with Crippen LogP contribution in [0.4, 0.5) is 0 Å².